The largest absolute Gasteiger partial charge is 0.469 e. The fraction of sp³-hybridized carbons (Fsp3) is 0.917. The molecule has 1 atom stereocenters. The number of methoxy groups -OCH3 is 1. The molecule has 1 unspecified atom stereocenters. The lowest BCUT2D eigenvalue weighted by Gasteiger charge is -2.29. The summed E-state index contributed by atoms with van der Waals surface area (Å²) in [6.07, 6.45) is 2.98. The van der Waals surface area contributed by atoms with Gasteiger partial charge in [0.2, 0.25) is 0 Å². The summed E-state index contributed by atoms with van der Waals surface area (Å²) in [6.45, 7) is 5.44. The first kappa shape index (κ1) is 13.5. The highest BCUT2D eigenvalue weighted by atomic mass is 16.5. The fourth-order valence-electron chi connectivity index (χ4n) is 2.04. The van der Waals surface area contributed by atoms with Crippen LogP contribution in [-0.2, 0) is 9.53 Å². The molecule has 0 radical (unpaired) electrons. The Morgan fingerprint density at radius 2 is 2.12 bits per heavy atom. The maximum absolute atomic E-state index is 11.0. The third kappa shape index (κ3) is 4.94. The number of likely N-dealkylation sites (tertiary alicyclic amines) is 1. The molecule has 1 fully saturated rings. The van der Waals surface area contributed by atoms with E-state index in [9.17, 15) is 4.79 Å². The lowest BCUT2D eigenvalue weighted by atomic mass is 9.97. The number of nitrogens with one attached hydrogen (secondary N) is 1. The van der Waals surface area contributed by atoms with Gasteiger partial charge in [-0.05, 0) is 52.4 Å². The predicted molar refractivity (Wildman–Crippen MR) is 64.3 cm³/mol. The van der Waals surface area contributed by atoms with E-state index < -0.39 is 0 Å². The Morgan fingerprint density at radius 1 is 1.50 bits per heavy atom. The van der Waals surface area contributed by atoms with E-state index in [2.05, 4.69) is 22.0 Å². The highest BCUT2D eigenvalue weighted by Crippen LogP contribution is 2.15. The second-order valence-corrected chi connectivity index (χ2v) is 4.84. The van der Waals surface area contributed by atoms with Crippen molar-refractivity contribution in [2.45, 2.75) is 32.2 Å². The molecule has 1 aliphatic rings. The van der Waals surface area contributed by atoms with Crippen LogP contribution in [0.2, 0.25) is 0 Å². The van der Waals surface area contributed by atoms with Crippen LogP contribution in [0.3, 0.4) is 0 Å². The average Bonchev–Trinajstić information content (AvgIpc) is 2.28. The van der Waals surface area contributed by atoms with Crippen molar-refractivity contribution in [3.05, 3.63) is 0 Å². The van der Waals surface area contributed by atoms with Crippen LogP contribution in [-0.4, -0.2) is 50.7 Å². The maximum Gasteiger partial charge on any atom is 0.307 e. The Labute approximate surface area is 98.3 Å². The number of ether oxygens (including phenoxy) is 1. The molecule has 0 aliphatic carbocycles. The summed E-state index contributed by atoms with van der Waals surface area (Å²) in [5.41, 5.74) is 0. The van der Waals surface area contributed by atoms with E-state index in [1.54, 1.807) is 0 Å². The van der Waals surface area contributed by atoms with Crippen molar-refractivity contribution in [3.8, 4) is 0 Å². The monoisotopic (exact) mass is 228 g/mol. The second-order valence-electron chi connectivity index (χ2n) is 4.84. The van der Waals surface area contributed by atoms with Gasteiger partial charge in [-0.3, -0.25) is 4.79 Å². The van der Waals surface area contributed by atoms with Crippen LogP contribution in [0.5, 0.6) is 0 Å². The van der Waals surface area contributed by atoms with Crippen molar-refractivity contribution >= 4 is 5.97 Å². The molecule has 1 rings (SSSR count). The van der Waals surface area contributed by atoms with Gasteiger partial charge < -0.3 is 15.0 Å². The third-order valence-electron chi connectivity index (χ3n) is 3.29. The molecule has 1 N–H and O–H groups in total. The van der Waals surface area contributed by atoms with Gasteiger partial charge in [0.25, 0.3) is 0 Å². The summed E-state index contributed by atoms with van der Waals surface area (Å²) in [7, 11) is 3.61. The zero-order chi connectivity index (χ0) is 12.0. The van der Waals surface area contributed by atoms with E-state index in [4.69, 9.17) is 0 Å². The van der Waals surface area contributed by atoms with Crippen molar-refractivity contribution in [3.63, 3.8) is 0 Å². The number of hydrogen-bond acceptors (Lipinski definition) is 4. The van der Waals surface area contributed by atoms with Crippen LogP contribution in [0.15, 0.2) is 0 Å². The Bertz CT molecular complexity index is 213. The molecule has 0 aromatic carbocycles. The molecule has 16 heavy (non-hydrogen) atoms. The molecule has 4 nitrogen and oxygen atoms in total. The minimum atomic E-state index is -0.136. The minimum absolute atomic E-state index is 0.136. The average molecular weight is 228 g/mol. The lowest BCUT2D eigenvalue weighted by molar-refractivity contribution is -0.141. The van der Waals surface area contributed by atoms with Crippen LogP contribution in [0.25, 0.3) is 0 Å². The number of hydrogen-bond donors (Lipinski definition) is 1. The minimum Gasteiger partial charge on any atom is -0.469 e. The Balaban J connectivity index is 2.12. The normalized spacial score (nSPS) is 20.7. The van der Waals surface area contributed by atoms with Gasteiger partial charge in [-0.15, -0.1) is 0 Å². The highest BCUT2D eigenvalue weighted by Gasteiger charge is 2.17. The molecule has 1 heterocycles. The number of rotatable bonds is 5. The van der Waals surface area contributed by atoms with Crippen LogP contribution >= 0.6 is 0 Å². The summed E-state index contributed by atoms with van der Waals surface area (Å²) >= 11 is 0. The number of esters is 1. The molecule has 0 aromatic heterocycles. The lowest BCUT2D eigenvalue weighted by Crippen LogP contribution is -2.38. The van der Waals surface area contributed by atoms with Crippen molar-refractivity contribution in [1.29, 1.82) is 0 Å². The smallest absolute Gasteiger partial charge is 0.307 e. The zero-order valence-corrected chi connectivity index (χ0v) is 10.7. The van der Waals surface area contributed by atoms with Crippen molar-refractivity contribution in [2.24, 2.45) is 5.92 Å². The van der Waals surface area contributed by atoms with Crippen molar-refractivity contribution in [2.75, 3.05) is 33.8 Å². The van der Waals surface area contributed by atoms with Crippen LogP contribution in [0.1, 0.15) is 26.2 Å². The molecule has 0 bridgehead atoms. The van der Waals surface area contributed by atoms with Crippen LogP contribution in [0, 0.1) is 5.92 Å². The summed E-state index contributed by atoms with van der Waals surface area (Å²) in [4.78, 5) is 13.4. The van der Waals surface area contributed by atoms with Gasteiger partial charge in [-0.25, -0.2) is 0 Å². The number of carbonyl (C=O) groups excluding carboxylic acids is 1. The van der Waals surface area contributed by atoms with Crippen molar-refractivity contribution in [1.82, 2.24) is 10.2 Å². The molecule has 4 heteroatoms. The first-order valence-corrected chi connectivity index (χ1v) is 6.10. The topological polar surface area (TPSA) is 41.6 Å². The Kier molecular flexibility index (Phi) is 5.77. The molecule has 0 spiro atoms. The van der Waals surface area contributed by atoms with Gasteiger partial charge in [0, 0.05) is 6.04 Å². The predicted octanol–water partition coefficient (Wildman–Crippen LogP) is 0.869. The van der Waals surface area contributed by atoms with E-state index in [1.807, 2.05) is 6.92 Å². The van der Waals surface area contributed by atoms with Gasteiger partial charge in [0.15, 0.2) is 0 Å². The number of piperidine rings is 1. The molecule has 94 valence electrons. The van der Waals surface area contributed by atoms with Gasteiger partial charge in [0.1, 0.15) is 0 Å². The summed E-state index contributed by atoms with van der Waals surface area (Å²) in [5, 5.41) is 3.41. The van der Waals surface area contributed by atoms with E-state index in [-0.39, 0.29) is 12.0 Å². The summed E-state index contributed by atoms with van der Waals surface area (Å²) in [5.74, 6) is 0.625. The van der Waals surface area contributed by atoms with Gasteiger partial charge >= 0.3 is 5.97 Å². The van der Waals surface area contributed by atoms with Crippen LogP contribution in [0.4, 0.5) is 0 Å². The van der Waals surface area contributed by atoms with Gasteiger partial charge in [-0.1, -0.05) is 0 Å². The fourth-order valence-corrected chi connectivity index (χ4v) is 2.04. The molecule has 1 aliphatic heterocycles. The van der Waals surface area contributed by atoms with E-state index >= 15 is 0 Å². The molecular formula is C12H24N2O2. The Morgan fingerprint density at radius 3 is 2.69 bits per heavy atom. The van der Waals surface area contributed by atoms with E-state index in [0.717, 1.165) is 12.5 Å². The standard InChI is InChI=1S/C12H24N2O2/c1-10(8-12(15)16-3)13-9-11-4-6-14(2)7-5-11/h10-11,13H,4-9H2,1-3H3. The SMILES string of the molecule is COC(=O)CC(C)NCC1CCN(C)CC1. The molecule has 0 aromatic rings. The molecule has 1 saturated heterocycles. The van der Waals surface area contributed by atoms with E-state index in [1.165, 1.54) is 33.0 Å². The molecule has 0 saturated carbocycles. The van der Waals surface area contributed by atoms with E-state index in [0.29, 0.717) is 6.42 Å². The number of nitrogens with zero attached hydrogens (tertiary/aromatic N) is 1. The summed E-state index contributed by atoms with van der Waals surface area (Å²) in [6, 6.07) is 0.215. The quantitative estimate of drug-likeness (QED) is 0.709. The van der Waals surface area contributed by atoms with Crippen molar-refractivity contribution < 1.29 is 9.53 Å². The Hall–Kier alpha value is -0.610. The summed E-state index contributed by atoms with van der Waals surface area (Å²) < 4.78 is 4.64. The highest BCUT2D eigenvalue weighted by molar-refractivity contribution is 5.69. The zero-order valence-electron chi connectivity index (χ0n) is 10.7. The first-order valence-electron chi connectivity index (χ1n) is 6.10. The van der Waals surface area contributed by atoms with Gasteiger partial charge in [0.05, 0.1) is 13.5 Å². The van der Waals surface area contributed by atoms with Gasteiger partial charge in [-0.2, -0.15) is 0 Å². The second kappa shape index (κ2) is 6.86. The first-order chi connectivity index (χ1) is 7.61. The molecule has 0 amide bonds. The number of carbonyl (C=O) groups is 1. The van der Waals surface area contributed by atoms with Crippen LogP contribution < -0.4 is 5.32 Å². The molecular weight excluding hydrogens is 204 g/mol. The third-order valence-corrected chi connectivity index (χ3v) is 3.29. The maximum atomic E-state index is 11.0.